The van der Waals surface area contributed by atoms with Crippen molar-refractivity contribution in [2.75, 3.05) is 6.54 Å². The molecule has 22 heavy (non-hydrogen) atoms. The van der Waals surface area contributed by atoms with Crippen LogP contribution in [0.2, 0.25) is 0 Å². The van der Waals surface area contributed by atoms with E-state index in [1.165, 1.54) is 11.1 Å². The molecule has 0 aliphatic carbocycles. The van der Waals surface area contributed by atoms with Crippen LogP contribution in [0, 0.1) is 0 Å². The molecule has 0 atom stereocenters. The van der Waals surface area contributed by atoms with Crippen molar-refractivity contribution < 1.29 is 4.79 Å². The molecule has 0 radical (unpaired) electrons. The number of hydrogen-bond acceptors (Lipinski definition) is 2. The van der Waals surface area contributed by atoms with Crippen molar-refractivity contribution in [2.45, 2.75) is 19.8 Å². The highest BCUT2D eigenvalue weighted by Crippen LogP contribution is 2.05. The van der Waals surface area contributed by atoms with Crippen molar-refractivity contribution in [3.05, 3.63) is 71.3 Å². The summed E-state index contributed by atoms with van der Waals surface area (Å²) >= 11 is 5.14. The maximum Gasteiger partial charge on any atom is 0.257 e. The summed E-state index contributed by atoms with van der Waals surface area (Å²) in [5, 5.41) is 6.10. The Kier molecular flexibility index (Phi) is 6.10. The molecule has 1 amide bonds. The van der Waals surface area contributed by atoms with Crippen molar-refractivity contribution in [1.29, 1.82) is 0 Å². The maximum atomic E-state index is 11.9. The summed E-state index contributed by atoms with van der Waals surface area (Å²) in [7, 11) is 0. The molecule has 2 N–H and O–H groups in total. The molecule has 114 valence electrons. The van der Waals surface area contributed by atoms with Crippen LogP contribution in [0.15, 0.2) is 54.6 Å². The molecule has 0 unspecified atom stereocenters. The third-order valence-electron chi connectivity index (χ3n) is 3.39. The largest absolute Gasteiger partial charge is 0.362 e. The number of hydrogen-bond donors (Lipinski definition) is 2. The first-order valence-corrected chi connectivity index (χ1v) is 7.82. The summed E-state index contributed by atoms with van der Waals surface area (Å²) < 4.78 is 0. The van der Waals surface area contributed by atoms with Gasteiger partial charge in [0, 0.05) is 12.1 Å². The van der Waals surface area contributed by atoms with Crippen molar-refractivity contribution in [3.63, 3.8) is 0 Å². The van der Waals surface area contributed by atoms with Crippen LogP contribution in [0.3, 0.4) is 0 Å². The summed E-state index contributed by atoms with van der Waals surface area (Å²) in [6.07, 6.45) is 1.92. The van der Waals surface area contributed by atoms with Gasteiger partial charge in [0.1, 0.15) is 0 Å². The lowest BCUT2D eigenvalue weighted by molar-refractivity contribution is 0.0976. The molecule has 3 nitrogen and oxygen atoms in total. The third-order valence-corrected chi connectivity index (χ3v) is 3.64. The van der Waals surface area contributed by atoms with Gasteiger partial charge < -0.3 is 5.32 Å². The fraction of sp³-hybridized carbons (Fsp3) is 0.222. The van der Waals surface area contributed by atoms with E-state index in [4.69, 9.17) is 12.2 Å². The number of carbonyl (C=O) groups excluding carboxylic acids is 1. The van der Waals surface area contributed by atoms with Crippen molar-refractivity contribution in [2.24, 2.45) is 0 Å². The molecule has 0 aromatic heterocycles. The molecule has 0 heterocycles. The van der Waals surface area contributed by atoms with Crippen molar-refractivity contribution in [3.8, 4) is 0 Å². The van der Waals surface area contributed by atoms with E-state index >= 15 is 0 Å². The number of amides is 1. The first-order valence-electron chi connectivity index (χ1n) is 7.41. The number of benzene rings is 2. The lowest BCUT2D eigenvalue weighted by atomic mass is 10.1. The maximum absolute atomic E-state index is 11.9. The van der Waals surface area contributed by atoms with Crippen LogP contribution in [0.4, 0.5) is 0 Å². The molecule has 0 fully saturated rings. The Labute approximate surface area is 136 Å². The first kappa shape index (κ1) is 16.2. The topological polar surface area (TPSA) is 41.1 Å². The van der Waals surface area contributed by atoms with Gasteiger partial charge in [-0.3, -0.25) is 10.1 Å². The van der Waals surface area contributed by atoms with E-state index in [9.17, 15) is 4.79 Å². The van der Waals surface area contributed by atoms with Gasteiger partial charge in [0.25, 0.3) is 5.91 Å². The fourth-order valence-electron chi connectivity index (χ4n) is 2.07. The monoisotopic (exact) mass is 312 g/mol. The molecule has 2 aromatic carbocycles. The first-order chi connectivity index (χ1) is 10.7. The zero-order chi connectivity index (χ0) is 15.8. The van der Waals surface area contributed by atoms with Crippen molar-refractivity contribution in [1.82, 2.24) is 10.6 Å². The Bertz CT molecular complexity index is 623. The summed E-state index contributed by atoms with van der Waals surface area (Å²) in [5.74, 6) is -0.189. The number of thiocarbonyl (C=S) groups is 1. The molecule has 0 aliphatic heterocycles. The molecule has 4 heteroatoms. The van der Waals surface area contributed by atoms with Gasteiger partial charge in [-0.25, -0.2) is 0 Å². The Morgan fingerprint density at radius 3 is 2.27 bits per heavy atom. The van der Waals surface area contributed by atoms with Crippen LogP contribution in [0.25, 0.3) is 0 Å². The van der Waals surface area contributed by atoms with Crippen LogP contribution in [-0.4, -0.2) is 17.6 Å². The summed E-state index contributed by atoms with van der Waals surface area (Å²) in [4.78, 5) is 11.9. The second kappa shape index (κ2) is 8.29. The van der Waals surface area contributed by atoms with E-state index in [2.05, 4.69) is 41.8 Å². The smallest absolute Gasteiger partial charge is 0.257 e. The van der Waals surface area contributed by atoms with Crippen LogP contribution >= 0.6 is 12.2 Å². The SMILES string of the molecule is CCc1ccc(CCNC(=S)NC(=O)c2ccccc2)cc1. The zero-order valence-electron chi connectivity index (χ0n) is 12.6. The van der Waals surface area contributed by atoms with Crippen molar-refractivity contribution >= 4 is 23.2 Å². The van der Waals surface area contributed by atoms with Gasteiger partial charge in [-0.05, 0) is 48.3 Å². The number of rotatable bonds is 5. The predicted octanol–water partition coefficient (Wildman–Crippen LogP) is 3.10. The summed E-state index contributed by atoms with van der Waals surface area (Å²) in [6.45, 7) is 2.84. The normalized spacial score (nSPS) is 10.0. The molecule has 2 aromatic rings. The average Bonchev–Trinajstić information content (AvgIpc) is 2.56. The van der Waals surface area contributed by atoms with E-state index in [0.717, 1.165) is 12.8 Å². The lowest BCUT2D eigenvalue weighted by Gasteiger charge is -2.09. The minimum Gasteiger partial charge on any atom is -0.362 e. The van der Waals surface area contributed by atoms with E-state index < -0.39 is 0 Å². The van der Waals surface area contributed by atoms with Gasteiger partial charge in [-0.2, -0.15) is 0 Å². The third kappa shape index (κ3) is 4.97. The van der Waals surface area contributed by atoms with Gasteiger partial charge in [-0.15, -0.1) is 0 Å². The lowest BCUT2D eigenvalue weighted by Crippen LogP contribution is -2.40. The van der Waals surface area contributed by atoms with Gasteiger partial charge in [0.05, 0.1) is 0 Å². The summed E-state index contributed by atoms with van der Waals surface area (Å²) in [6, 6.07) is 17.6. The molecular weight excluding hydrogens is 292 g/mol. The highest BCUT2D eigenvalue weighted by Gasteiger charge is 2.06. The van der Waals surface area contributed by atoms with E-state index in [1.54, 1.807) is 12.1 Å². The van der Waals surface area contributed by atoms with Gasteiger partial charge in [0.15, 0.2) is 5.11 Å². The second-order valence-electron chi connectivity index (χ2n) is 5.00. The Balaban J connectivity index is 1.74. The highest BCUT2D eigenvalue weighted by molar-refractivity contribution is 7.80. The van der Waals surface area contributed by atoms with Gasteiger partial charge >= 0.3 is 0 Å². The number of carbonyl (C=O) groups is 1. The van der Waals surface area contributed by atoms with E-state index in [-0.39, 0.29) is 5.91 Å². The Hall–Kier alpha value is -2.20. The van der Waals surface area contributed by atoms with Crippen LogP contribution < -0.4 is 10.6 Å². The molecule has 0 spiro atoms. The molecule has 0 saturated carbocycles. The summed E-state index contributed by atoms with van der Waals surface area (Å²) in [5.41, 5.74) is 3.19. The molecule has 2 rings (SSSR count). The molecule has 0 saturated heterocycles. The Morgan fingerprint density at radius 1 is 1.00 bits per heavy atom. The van der Waals surface area contributed by atoms with E-state index in [0.29, 0.717) is 17.2 Å². The molecular formula is C18H20N2OS. The number of nitrogens with one attached hydrogen (secondary N) is 2. The predicted molar refractivity (Wildman–Crippen MR) is 94.0 cm³/mol. The standard InChI is InChI=1S/C18H20N2OS/c1-2-14-8-10-15(11-9-14)12-13-19-18(22)20-17(21)16-6-4-3-5-7-16/h3-11H,2,12-13H2,1H3,(H2,19,20,21,22). The Morgan fingerprint density at radius 2 is 1.64 bits per heavy atom. The second-order valence-corrected chi connectivity index (χ2v) is 5.40. The number of aryl methyl sites for hydroxylation is 1. The molecule has 0 bridgehead atoms. The van der Waals surface area contributed by atoms with Crippen LogP contribution in [-0.2, 0) is 12.8 Å². The minimum atomic E-state index is -0.189. The highest BCUT2D eigenvalue weighted by atomic mass is 32.1. The van der Waals surface area contributed by atoms with Crippen LogP contribution in [0.1, 0.15) is 28.4 Å². The average molecular weight is 312 g/mol. The van der Waals surface area contributed by atoms with E-state index in [1.807, 2.05) is 18.2 Å². The minimum absolute atomic E-state index is 0.189. The quantitative estimate of drug-likeness (QED) is 0.834. The molecule has 0 aliphatic rings. The van der Waals surface area contributed by atoms with Gasteiger partial charge in [-0.1, -0.05) is 49.4 Å². The zero-order valence-corrected chi connectivity index (χ0v) is 13.5. The fourth-order valence-corrected chi connectivity index (χ4v) is 2.27. The van der Waals surface area contributed by atoms with Crippen LogP contribution in [0.5, 0.6) is 0 Å². The van der Waals surface area contributed by atoms with Gasteiger partial charge in [0.2, 0.25) is 0 Å².